The summed E-state index contributed by atoms with van der Waals surface area (Å²) in [6.07, 6.45) is 7.80. The van der Waals surface area contributed by atoms with E-state index in [4.69, 9.17) is 4.42 Å². The fourth-order valence-corrected chi connectivity index (χ4v) is 4.75. The quantitative estimate of drug-likeness (QED) is 0.700. The van der Waals surface area contributed by atoms with Crippen LogP contribution >= 0.6 is 11.3 Å². The van der Waals surface area contributed by atoms with E-state index in [-0.39, 0.29) is 11.8 Å². The lowest BCUT2D eigenvalue weighted by Gasteiger charge is -2.33. The van der Waals surface area contributed by atoms with Crippen molar-refractivity contribution in [2.75, 3.05) is 38.0 Å². The van der Waals surface area contributed by atoms with Crippen molar-refractivity contribution in [2.24, 2.45) is 0 Å². The zero-order valence-corrected chi connectivity index (χ0v) is 18.0. The molecule has 1 saturated heterocycles. The summed E-state index contributed by atoms with van der Waals surface area (Å²) in [6.45, 7) is 3.29. The van der Waals surface area contributed by atoms with Gasteiger partial charge in [0.05, 0.1) is 19.4 Å². The van der Waals surface area contributed by atoms with Gasteiger partial charge in [0, 0.05) is 37.6 Å². The second-order valence-corrected chi connectivity index (χ2v) is 8.80. The van der Waals surface area contributed by atoms with Crippen LogP contribution in [-0.2, 0) is 11.3 Å². The minimum absolute atomic E-state index is 0.0233. The van der Waals surface area contributed by atoms with Crippen LogP contribution in [0.2, 0.25) is 0 Å². The maximum absolute atomic E-state index is 12.8. The van der Waals surface area contributed by atoms with Gasteiger partial charge in [-0.15, -0.1) is 11.3 Å². The summed E-state index contributed by atoms with van der Waals surface area (Å²) < 4.78 is 5.22. The third-order valence-corrected chi connectivity index (χ3v) is 6.50. The summed E-state index contributed by atoms with van der Waals surface area (Å²) in [6, 6.07) is 4.12. The fourth-order valence-electron chi connectivity index (χ4n) is 3.99. The van der Waals surface area contributed by atoms with Gasteiger partial charge in [-0.25, -0.2) is 4.98 Å². The van der Waals surface area contributed by atoms with Crippen LogP contribution in [0, 0.1) is 0 Å². The van der Waals surface area contributed by atoms with Gasteiger partial charge in [-0.2, -0.15) is 0 Å². The van der Waals surface area contributed by atoms with E-state index in [1.165, 1.54) is 43.4 Å². The number of rotatable bonds is 7. The molecule has 2 N–H and O–H groups in total. The van der Waals surface area contributed by atoms with Crippen LogP contribution in [0.3, 0.4) is 0 Å². The van der Waals surface area contributed by atoms with Crippen LogP contribution < -0.4 is 10.6 Å². The number of carbonyl (C=O) groups excluding carboxylic acids is 2. The van der Waals surface area contributed by atoms with Crippen molar-refractivity contribution in [1.82, 2.24) is 20.1 Å². The number of carbonyl (C=O) groups is 2. The lowest BCUT2D eigenvalue weighted by atomic mass is 9.96. The SMILES string of the molecule is O=C(CN1CCN(C(=O)c2csc(NC3CCCCC3)n2)CC1)NCc1ccco1. The van der Waals surface area contributed by atoms with Gasteiger partial charge in [-0.05, 0) is 25.0 Å². The molecule has 0 aromatic carbocycles. The molecule has 162 valence electrons. The van der Waals surface area contributed by atoms with Gasteiger partial charge in [0.2, 0.25) is 5.91 Å². The predicted octanol–water partition coefficient (Wildman–Crippen LogP) is 2.55. The molecule has 1 aliphatic heterocycles. The monoisotopic (exact) mass is 431 g/mol. The zero-order chi connectivity index (χ0) is 20.8. The maximum Gasteiger partial charge on any atom is 0.273 e. The van der Waals surface area contributed by atoms with Gasteiger partial charge in [0.15, 0.2) is 5.13 Å². The van der Waals surface area contributed by atoms with Crippen LogP contribution in [0.25, 0.3) is 0 Å². The number of nitrogens with one attached hydrogen (secondary N) is 2. The Morgan fingerprint density at radius 3 is 2.70 bits per heavy atom. The molecule has 1 saturated carbocycles. The van der Waals surface area contributed by atoms with E-state index in [0.29, 0.717) is 51.0 Å². The number of piperazine rings is 1. The summed E-state index contributed by atoms with van der Waals surface area (Å²) >= 11 is 1.51. The van der Waals surface area contributed by atoms with Crippen molar-refractivity contribution in [2.45, 2.75) is 44.7 Å². The van der Waals surface area contributed by atoms with Crippen LogP contribution in [0.5, 0.6) is 0 Å². The van der Waals surface area contributed by atoms with E-state index < -0.39 is 0 Å². The number of aromatic nitrogens is 1. The molecule has 0 spiro atoms. The molecule has 0 unspecified atom stereocenters. The molecule has 3 heterocycles. The van der Waals surface area contributed by atoms with Crippen LogP contribution in [-0.4, -0.2) is 65.4 Å². The number of hydrogen-bond donors (Lipinski definition) is 2. The average molecular weight is 432 g/mol. The Balaban J connectivity index is 1.20. The first kappa shape index (κ1) is 20.9. The Kier molecular flexibility index (Phi) is 7.01. The van der Waals surface area contributed by atoms with Gasteiger partial charge in [0.25, 0.3) is 5.91 Å². The normalized spacial score (nSPS) is 18.3. The second kappa shape index (κ2) is 10.1. The molecular weight excluding hydrogens is 402 g/mol. The number of hydrogen-bond acceptors (Lipinski definition) is 7. The molecular formula is C21H29N5O3S. The molecule has 8 nitrogen and oxygen atoms in total. The largest absolute Gasteiger partial charge is 0.467 e. The molecule has 0 bridgehead atoms. The lowest BCUT2D eigenvalue weighted by Crippen LogP contribution is -2.51. The fraction of sp³-hybridized carbons (Fsp3) is 0.571. The van der Waals surface area contributed by atoms with Crippen LogP contribution in [0.1, 0.15) is 48.4 Å². The highest BCUT2D eigenvalue weighted by Crippen LogP contribution is 2.24. The zero-order valence-electron chi connectivity index (χ0n) is 17.1. The Bertz CT molecular complexity index is 824. The molecule has 2 amide bonds. The van der Waals surface area contributed by atoms with Crippen LogP contribution in [0.4, 0.5) is 5.13 Å². The van der Waals surface area contributed by atoms with Crippen molar-refractivity contribution in [1.29, 1.82) is 0 Å². The number of furan rings is 1. The van der Waals surface area contributed by atoms with E-state index in [0.717, 1.165) is 10.9 Å². The minimum Gasteiger partial charge on any atom is -0.467 e. The third-order valence-electron chi connectivity index (χ3n) is 5.72. The molecule has 9 heteroatoms. The molecule has 0 radical (unpaired) electrons. The highest BCUT2D eigenvalue weighted by atomic mass is 32.1. The smallest absolute Gasteiger partial charge is 0.273 e. The van der Waals surface area contributed by atoms with Crippen molar-refractivity contribution in [3.8, 4) is 0 Å². The van der Waals surface area contributed by atoms with E-state index in [9.17, 15) is 9.59 Å². The number of nitrogens with zero attached hydrogens (tertiary/aromatic N) is 3. The van der Waals surface area contributed by atoms with E-state index in [1.807, 2.05) is 16.3 Å². The maximum atomic E-state index is 12.8. The molecule has 2 fully saturated rings. The van der Waals surface area contributed by atoms with E-state index in [2.05, 4.69) is 20.5 Å². The second-order valence-electron chi connectivity index (χ2n) is 7.94. The number of amides is 2. The van der Waals surface area contributed by atoms with Gasteiger partial charge in [-0.1, -0.05) is 19.3 Å². The molecule has 4 rings (SSSR count). The summed E-state index contributed by atoms with van der Waals surface area (Å²) in [4.78, 5) is 33.3. The first-order valence-electron chi connectivity index (χ1n) is 10.7. The van der Waals surface area contributed by atoms with Gasteiger partial charge >= 0.3 is 0 Å². The Morgan fingerprint density at radius 1 is 1.17 bits per heavy atom. The summed E-state index contributed by atoms with van der Waals surface area (Å²) in [5.74, 6) is 0.674. The molecule has 30 heavy (non-hydrogen) atoms. The topological polar surface area (TPSA) is 90.7 Å². The number of anilines is 1. The predicted molar refractivity (Wildman–Crippen MR) is 116 cm³/mol. The van der Waals surface area contributed by atoms with Gasteiger partial charge < -0.3 is 20.0 Å². The highest BCUT2D eigenvalue weighted by molar-refractivity contribution is 7.13. The van der Waals surface area contributed by atoms with Crippen molar-refractivity contribution >= 4 is 28.3 Å². The first-order chi connectivity index (χ1) is 14.7. The molecule has 2 aromatic rings. The van der Waals surface area contributed by atoms with E-state index >= 15 is 0 Å². The minimum atomic E-state index is -0.0379. The average Bonchev–Trinajstić information content (AvgIpc) is 3.45. The van der Waals surface area contributed by atoms with Gasteiger partial charge in [-0.3, -0.25) is 14.5 Å². The molecule has 2 aliphatic rings. The Morgan fingerprint density at radius 2 is 1.97 bits per heavy atom. The number of thiazole rings is 1. The molecule has 2 aromatic heterocycles. The summed E-state index contributed by atoms with van der Waals surface area (Å²) in [7, 11) is 0. The van der Waals surface area contributed by atoms with E-state index in [1.54, 1.807) is 12.3 Å². The summed E-state index contributed by atoms with van der Waals surface area (Å²) in [5, 5.41) is 9.04. The lowest BCUT2D eigenvalue weighted by molar-refractivity contribution is -0.122. The Hall–Kier alpha value is -2.39. The molecule has 1 aliphatic carbocycles. The van der Waals surface area contributed by atoms with Crippen molar-refractivity contribution in [3.05, 3.63) is 35.2 Å². The van der Waals surface area contributed by atoms with Gasteiger partial charge in [0.1, 0.15) is 11.5 Å². The standard InChI is InChI=1S/C21H29N5O3S/c27-19(22-13-17-7-4-12-29-17)14-25-8-10-26(11-9-25)20(28)18-15-30-21(24-18)23-16-5-2-1-3-6-16/h4,7,12,15-16H,1-3,5-6,8-11,13-14H2,(H,22,27)(H,23,24). The first-order valence-corrected chi connectivity index (χ1v) is 11.6. The van der Waals surface area contributed by atoms with Crippen LogP contribution in [0.15, 0.2) is 28.2 Å². The van der Waals surface area contributed by atoms with Crippen molar-refractivity contribution in [3.63, 3.8) is 0 Å². The Labute approximate surface area is 180 Å². The third kappa shape index (κ3) is 5.60. The van der Waals surface area contributed by atoms with Crippen molar-refractivity contribution < 1.29 is 14.0 Å². The molecule has 0 atom stereocenters. The highest BCUT2D eigenvalue weighted by Gasteiger charge is 2.25. The summed E-state index contributed by atoms with van der Waals surface area (Å²) in [5.41, 5.74) is 0.517.